The third-order valence-electron chi connectivity index (χ3n) is 4.29. The van der Waals surface area contributed by atoms with Gasteiger partial charge in [-0.2, -0.15) is 0 Å². The summed E-state index contributed by atoms with van der Waals surface area (Å²) in [6.45, 7) is 1.45. The number of ether oxygens (including phenoxy) is 1. The van der Waals surface area contributed by atoms with Crippen LogP contribution in [-0.4, -0.2) is 27.5 Å². The van der Waals surface area contributed by atoms with Gasteiger partial charge in [0.05, 0.1) is 10.9 Å². The van der Waals surface area contributed by atoms with Crippen LogP contribution in [0.15, 0.2) is 53.3 Å². The van der Waals surface area contributed by atoms with Crippen molar-refractivity contribution in [1.29, 1.82) is 0 Å². The lowest BCUT2D eigenvalue weighted by Gasteiger charge is -2.15. The zero-order chi connectivity index (χ0) is 21.7. The van der Waals surface area contributed by atoms with Crippen LogP contribution in [0.2, 0.25) is 0 Å². The summed E-state index contributed by atoms with van der Waals surface area (Å²) in [5.74, 6) is -1.86. The van der Waals surface area contributed by atoms with Gasteiger partial charge in [-0.05, 0) is 43.4 Å². The van der Waals surface area contributed by atoms with Gasteiger partial charge >= 0.3 is 0 Å². The van der Waals surface area contributed by atoms with Crippen LogP contribution in [0.1, 0.15) is 13.3 Å². The molecule has 3 aromatic rings. The molecule has 0 aliphatic rings. The highest BCUT2D eigenvalue weighted by molar-refractivity contribution is 7.71. The molecule has 0 aliphatic heterocycles. The van der Waals surface area contributed by atoms with Crippen molar-refractivity contribution < 1.29 is 18.7 Å². The summed E-state index contributed by atoms with van der Waals surface area (Å²) in [4.78, 5) is 39.6. The number of aromatic nitrogens is 2. The second-order valence-corrected chi connectivity index (χ2v) is 6.80. The SMILES string of the molecule is CC(Oc1ccccc1F)C(=O)NNC(=O)CCn1c(=S)[nH]c2ccccc2c1=O. The molecular weight excluding hydrogens is 411 g/mol. The first-order chi connectivity index (χ1) is 14.4. The molecule has 10 heteroatoms. The third-order valence-corrected chi connectivity index (χ3v) is 4.61. The predicted molar refractivity (Wildman–Crippen MR) is 111 cm³/mol. The van der Waals surface area contributed by atoms with Gasteiger partial charge in [0.1, 0.15) is 0 Å². The van der Waals surface area contributed by atoms with E-state index in [2.05, 4.69) is 15.8 Å². The van der Waals surface area contributed by atoms with Crippen LogP contribution in [0.5, 0.6) is 5.75 Å². The maximum absolute atomic E-state index is 13.6. The summed E-state index contributed by atoms with van der Waals surface area (Å²) in [7, 11) is 0. The van der Waals surface area contributed by atoms with E-state index in [1.54, 1.807) is 30.3 Å². The normalized spacial score (nSPS) is 11.7. The molecule has 2 amide bonds. The fourth-order valence-corrected chi connectivity index (χ4v) is 2.98. The summed E-state index contributed by atoms with van der Waals surface area (Å²) in [6.07, 6.45) is -1.14. The smallest absolute Gasteiger partial charge is 0.279 e. The quantitative estimate of drug-likeness (QED) is 0.411. The van der Waals surface area contributed by atoms with E-state index in [0.717, 1.165) is 0 Å². The number of hydrazine groups is 1. The van der Waals surface area contributed by atoms with Crippen LogP contribution in [0.4, 0.5) is 4.39 Å². The fourth-order valence-electron chi connectivity index (χ4n) is 2.70. The molecule has 1 atom stereocenters. The Morgan fingerprint density at radius 2 is 1.87 bits per heavy atom. The molecule has 2 aromatic carbocycles. The second kappa shape index (κ2) is 9.31. The average molecular weight is 430 g/mol. The van der Waals surface area contributed by atoms with E-state index in [4.69, 9.17) is 17.0 Å². The number of benzene rings is 2. The first-order valence-corrected chi connectivity index (χ1v) is 9.49. The van der Waals surface area contributed by atoms with Crippen LogP contribution >= 0.6 is 12.2 Å². The van der Waals surface area contributed by atoms with Crippen LogP contribution in [-0.2, 0) is 16.1 Å². The van der Waals surface area contributed by atoms with Crippen molar-refractivity contribution >= 4 is 34.9 Å². The zero-order valence-electron chi connectivity index (χ0n) is 16.0. The number of fused-ring (bicyclic) bond motifs is 1. The first-order valence-electron chi connectivity index (χ1n) is 9.08. The molecule has 0 spiro atoms. The standard InChI is InChI=1S/C20H19FN4O4S/c1-12(29-16-9-5-3-7-14(16)21)18(27)24-23-17(26)10-11-25-19(28)13-6-2-4-8-15(13)22-20(25)30/h2-9,12H,10-11H2,1H3,(H,22,30)(H,23,26)(H,24,27). The minimum Gasteiger partial charge on any atom is -0.478 e. The van der Waals surface area contributed by atoms with Gasteiger partial charge in [0.15, 0.2) is 22.4 Å². The lowest BCUT2D eigenvalue weighted by Crippen LogP contribution is -2.47. The highest BCUT2D eigenvalue weighted by Crippen LogP contribution is 2.16. The highest BCUT2D eigenvalue weighted by Gasteiger charge is 2.17. The number of nitrogens with zero attached hydrogens (tertiary/aromatic N) is 1. The van der Waals surface area contributed by atoms with Crippen LogP contribution in [0.3, 0.4) is 0 Å². The van der Waals surface area contributed by atoms with Crippen molar-refractivity contribution in [2.45, 2.75) is 26.0 Å². The maximum atomic E-state index is 13.6. The van der Waals surface area contributed by atoms with Gasteiger partial charge in [-0.1, -0.05) is 24.3 Å². The summed E-state index contributed by atoms with van der Waals surface area (Å²) in [5, 5.41) is 0.457. The van der Waals surface area contributed by atoms with Crippen LogP contribution in [0, 0.1) is 10.6 Å². The number of carbonyl (C=O) groups excluding carboxylic acids is 2. The van der Waals surface area contributed by atoms with E-state index in [9.17, 15) is 18.8 Å². The molecule has 0 saturated heterocycles. The Labute approximate surface area is 175 Å². The van der Waals surface area contributed by atoms with Gasteiger partial charge in [0.2, 0.25) is 5.91 Å². The summed E-state index contributed by atoms with van der Waals surface area (Å²) in [5.41, 5.74) is 4.76. The molecule has 0 saturated carbocycles. The van der Waals surface area contributed by atoms with E-state index in [-0.39, 0.29) is 29.0 Å². The highest BCUT2D eigenvalue weighted by atomic mass is 32.1. The number of hydrogen-bond donors (Lipinski definition) is 3. The van der Waals surface area contributed by atoms with Crippen molar-refractivity contribution in [3.05, 3.63) is 69.5 Å². The minimum absolute atomic E-state index is 0.0297. The molecule has 3 rings (SSSR count). The summed E-state index contributed by atoms with van der Waals surface area (Å²) < 4.78 is 20.3. The van der Waals surface area contributed by atoms with Gasteiger partial charge in [0.25, 0.3) is 11.5 Å². The van der Waals surface area contributed by atoms with E-state index in [1.165, 1.54) is 29.7 Å². The molecule has 156 valence electrons. The van der Waals surface area contributed by atoms with Crippen molar-refractivity contribution in [3.63, 3.8) is 0 Å². The number of carbonyl (C=O) groups is 2. The Bertz CT molecular complexity index is 1210. The van der Waals surface area contributed by atoms with Crippen molar-refractivity contribution in [2.24, 2.45) is 0 Å². The van der Waals surface area contributed by atoms with Crippen molar-refractivity contribution in [2.75, 3.05) is 0 Å². The molecule has 8 nitrogen and oxygen atoms in total. The Morgan fingerprint density at radius 1 is 1.17 bits per heavy atom. The molecule has 30 heavy (non-hydrogen) atoms. The number of amides is 2. The minimum atomic E-state index is -1.04. The Morgan fingerprint density at radius 3 is 2.63 bits per heavy atom. The molecule has 0 bridgehead atoms. The summed E-state index contributed by atoms with van der Waals surface area (Å²) >= 11 is 5.19. The van der Waals surface area contributed by atoms with Gasteiger partial charge in [-0.3, -0.25) is 29.8 Å². The lowest BCUT2D eigenvalue weighted by molar-refractivity contribution is -0.132. The summed E-state index contributed by atoms with van der Waals surface area (Å²) in [6, 6.07) is 12.6. The van der Waals surface area contributed by atoms with E-state index in [0.29, 0.717) is 10.9 Å². The number of hydrogen-bond acceptors (Lipinski definition) is 5. The van der Waals surface area contributed by atoms with Crippen LogP contribution < -0.4 is 21.1 Å². The Hall–Kier alpha value is -3.53. The predicted octanol–water partition coefficient (Wildman–Crippen LogP) is 2.20. The average Bonchev–Trinajstić information content (AvgIpc) is 2.73. The maximum Gasteiger partial charge on any atom is 0.279 e. The Balaban J connectivity index is 1.54. The Kier molecular flexibility index (Phi) is 6.58. The van der Waals surface area contributed by atoms with Gasteiger partial charge < -0.3 is 9.72 Å². The zero-order valence-corrected chi connectivity index (χ0v) is 16.8. The van der Waals surface area contributed by atoms with Crippen molar-refractivity contribution in [3.8, 4) is 5.75 Å². The molecule has 1 heterocycles. The van der Waals surface area contributed by atoms with Gasteiger partial charge in [0, 0.05) is 13.0 Å². The topological polar surface area (TPSA) is 105 Å². The first kappa shape index (κ1) is 21.2. The fraction of sp³-hybridized carbons (Fsp3) is 0.200. The number of nitrogens with one attached hydrogen (secondary N) is 3. The lowest BCUT2D eigenvalue weighted by atomic mass is 10.2. The number of halogens is 1. The molecule has 0 radical (unpaired) electrons. The molecule has 1 aromatic heterocycles. The monoisotopic (exact) mass is 430 g/mol. The number of para-hydroxylation sites is 2. The number of H-pyrrole nitrogens is 1. The van der Waals surface area contributed by atoms with Crippen LogP contribution in [0.25, 0.3) is 10.9 Å². The largest absolute Gasteiger partial charge is 0.478 e. The van der Waals surface area contributed by atoms with E-state index < -0.39 is 23.7 Å². The molecule has 1 unspecified atom stereocenters. The third kappa shape index (κ3) is 4.90. The molecular formula is C20H19FN4O4S. The van der Waals surface area contributed by atoms with Crippen molar-refractivity contribution in [1.82, 2.24) is 20.4 Å². The molecule has 0 aliphatic carbocycles. The number of rotatable bonds is 6. The number of aromatic amines is 1. The van der Waals surface area contributed by atoms with E-state index in [1.807, 2.05) is 0 Å². The van der Waals surface area contributed by atoms with Gasteiger partial charge in [-0.25, -0.2) is 4.39 Å². The van der Waals surface area contributed by atoms with Gasteiger partial charge in [-0.15, -0.1) is 0 Å². The van der Waals surface area contributed by atoms with E-state index >= 15 is 0 Å². The molecule has 3 N–H and O–H groups in total. The molecule has 0 fully saturated rings. The second-order valence-electron chi connectivity index (χ2n) is 6.41.